The minimum atomic E-state index is -0.379. The van der Waals surface area contributed by atoms with Gasteiger partial charge < -0.3 is 4.98 Å². The minimum absolute atomic E-state index is 0.0782. The van der Waals surface area contributed by atoms with Crippen LogP contribution in [0.3, 0.4) is 0 Å². The van der Waals surface area contributed by atoms with E-state index in [2.05, 4.69) is 20.9 Å². The summed E-state index contributed by atoms with van der Waals surface area (Å²) in [6.45, 7) is 2.93. The van der Waals surface area contributed by atoms with Gasteiger partial charge in [-0.2, -0.15) is 17.0 Å². The molecule has 7 heteroatoms. The van der Waals surface area contributed by atoms with Crippen LogP contribution in [0.25, 0.3) is 11.3 Å². The van der Waals surface area contributed by atoms with Gasteiger partial charge in [0, 0.05) is 36.7 Å². The predicted molar refractivity (Wildman–Crippen MR) is 99.4 cm³/mol. The molecule has 1 aromatic heterocycles. The second kappa shape index (κ2) is 7.88. The number of nitrogens with zero attached hydrogens (tertiary/aromatic N) is 3. The summed E-state index contributed by atoms with van der Waals surface area (Å²) in [5, 5.41) is 9.93. The van der Waals surface area contributed by atoms with Gasteiger partial charge in [0.1, 0.15) is 11.6 Å². The number of hydrogen-bond acceptors (Lipinski definition) is 6. The van der Waals surface area contributed by atoms with Crippen LogP contribution >= 0.6 is 23.5 Å². The molecule has 0 aliphatic carbocycles. The highest BCUT2D eigenvalue weighted by Crippen LogP contribution is 2.26. The summed E-state index contributed by atoms with van der Waals surface area (Å²) in [6.07, 6.45) is 1.85. The Hall–Kier alpha value is -1.75. The highest BCUT2D eigenvalue weighted by Gasteiger charge is 2.18. The van der Waals surface area contributed by atoms with E-state index < -0.39 is 0 Å². The van der Waals surface area contributed by atoms with Crippen LogP contribution in [0.2, 0.25) is 0 Å². The Morgan fingerprint density at radius 2 is 2.12 bits per heavy atom. The Balaban J connectivity index is 2.05. The molecule has 5 nitrogen and oxygen atoms in total. The maximum absolute atomic E-state index is 12.2. The van der Waals surface area contributed by atoms with Gasteiger partial charge in [-0.25, -0.2) is 4.98 Å². The van der Waals surface area contributed by atoms with Crippen molar-refractivity contribution in [1.29, 1.82) is 5.26 Å². The summed E-state index contributed by atoms with van der Waals surface area (Å²) in [6, 6.07) is 9.93. The van der Waals surface area contributed by atoms with E-state index in [9.17, 15) is 10.1 Å². The van der Waals surface area contributed by atoms with Crippen LogP contribution in [0.1, 0.15) is 11.1 Å². The molecule has 1 N–H and O–H groups in total. The lowest BCUT2D eigenvalue weighted by atomic mass is 10.0. The van der Waals surface area contributed by atoms with Crippen LogP contribution in [0, 0.1) is 11.3 Å². The fourth-order valence-corrected chi connectivity index (χ4v) is 4.09. The quantitative estimate of drug-likeness (QED) is 0.669. The van der Waals surface area contributed by atoms with Crippen LogP contribution in [-0.4, -0.2) is 45.7 Å². The van der Waals surface area contributed by atoms with Crippen molar-refractivity contribution in [2.45, 2.75) is 11.7 Å². The first-order valence-electron chi connectivity index (χ1n) is 7.69. The zero-order valence-corrected chi connectivity index (χ0v) is 15.0. The summed E-state index contributed by atoms with van der Waals surface area (Å²) in [7, 11) is 0. The maximum atomic E-state index is 12.2. The second-order valence-corrected chi connectivity index (χ2v) is 7.48. The Labute approximate surface area is 149 Å². The van der Waals surface area contributed by atoms with Crippen molar-refractivity contribution in [3.05, 3.63) is 45.7 Å². The van der Waals surface area contributed by atoms with Gasteiger partial charge in [-0.05, 0) is 11.8 Å². The standard InChI is InChI=1S/C17H18N4OS2/c1-23-17-19-15(14(10-18)16(22)20-17)13-5-3-2-4-12(13)11-21-6-8-24-9-7-21/h2-5H,6-9,11H2,1H3,(H,19,20,22). The number of H-pyrrole nitrogens is 1. The minimum Gasteiger partial charge on any atom is -0.300 e. The van der Waals surface area contributed by atoms with Gasteiger partial charge in [0.15, 0.2) is 5.16 Å². The van der Waals surface area contributed by atoms with Crippen molar-refractivity contribution in [2.24, 2.45) is 0 Å². The molecule has 0 atom stereocenters. The van der Waals surface area contributed by atoms with Crippen molar-refractivity contribution < 1.29 is 0 Å². The van der Waals surface area contributed by atoms with E-state index in [-0.39, 0.29) is 11.1 Å². The largest absolute Gasteiger partial charge is 0.300 e. The van der Waals surface area contributed by atoms with Crippen LogP contribution in [-0.2, 0) is 6.54 Å². The van der Waals surface area contributed by atoms with Gasteiger partial charge in [-0.3, -0.25) is 9.69 Å². The third kappa shape index (κ3) is 3.66. The van der Waals surface area contributed by atoms with Crippen LogP contribution in [0.4, 0.5) is 0 Å². The summed E-state index contributed by atoms with van der Waals surface area (Å²) < 4.78 is 0. The summed E-state index contributed by atoms with van der Waals surface area (Å²) in [5.41, 5.74) is 2.15. The van der Waals surface area contributed by atoms with Crippen molar-refractivity contribution >= 4 is 23.5 Å². The number of hydrogen-bond donors (Lipinski definition) is 1. The molecule has 0 bridgehead atoms. The Kier molecular flexibility index (Phi) is 5.61. The fraction of sp³-hybridized carbons (Fsp3) is 0.353. The average Bonchev–Trinajstić information content (AvgIpc) is 2.62. The Morgan fingerprint density at radius 1 is 1.38 bits per heavy atom. The number of benzene rings is 1. The molecule has 1 aliphatic heterocycles. The second-order valence-electron chi connectivity index (χ2n) is 5.46. The van der Waals surface area contributed by atoms with Gasteiger partial charge in [-0.1, -0.05) is 36.0 Å². The smallest absolute Gasteiger partial charge is 0.270 e. The SMILES string of the molecule is CSc1nc(-c2ccccc2CN2CCSCC2)c(C#N)c(=O)[nH]1. The van der Waals surface area contributed by atoms with E-state index in [1.165, 1.54) is 11.8 Å². The molecular weight excluding hydrogens is 340 g/mol. The van der Waals surface area contributed by atoms with Gasteiger partial charge in [0.05, 0.1) is 5.69 Å². The van der Waals surface area contributed by atoms with Crippen LogP contribution in [0.5, 0.6) is 0 Å². The van der Waals surface area contributed by atoms with E-state index in [1.807, 2.05) is 42.3 Å². The number of rotatable bonds is 4. The molecule has 1 aliphatic rings. The molecule has 2 aromatic rings. The molecule has 124 valence electrons. The molecule has 24 heavy (non-hydrogen) atoms. The fourth-order valence-electron chi connectivity index (χ4n) is 2.74. The van der Waals surface area contributed by atoms with E-state index in [0.29, 0.717) is 10.9 Å². The Morgan fingerprint density at radius 3 is 2.83 bits per heavy atom. The van der Waals surface area contributed by atoms with Crippen molar-refractivity contribution in [3.8, 4) is 17.3 Å². The molecule has 0 saturated carbocycles. The lowest BCUT2D eigenvalue weighted by molar-refractivity contribution is 0.295. The number of aromatic amines is 1. The first-order chi connectivity index (χ1) is 11.7. The molecule has 0 spiro atoms. The summed E-state index contributed by atoms with van der Waals surface area (Å²) in [5.74, 6) is 2.29. The molecule has 0 unspecified atom stereocenters. The van der Waals surface area contributed by atoms with Crippen molar-refractivity contribution in [1.82, 2.24) is 14.9 Å². The average molecular weight is 358 g/mol. The van der Waals surface area contributed by atoms with E-state index >= 15 is 0 Å². The predicted octanol–water partition coefficient (Wildman–Crippen LogP) is 2.58. The highest BCUT2D eigenvalue weighted by molar-refractivity contribution is 7.99. The van der Waals surface area contributed by atoms with Crippen molar-refractivity contribution in [2.75, 3.05) is 30.9 Å². The number of nitriles is 1. The maximum Gasteiger partial charge on any atom is 0.270 e. The zero-order chi connectivity index (χ0) is 16.9. The third-order valence-corrected chi connectivity index (χ3v) is 5.50. The molecule has 0 amide bonds. The van der Waals surface area contributed by atoms with E-state index in [0.717, 1.165) is 42.3 Å². The van der Waals surface area contributed by atoms with Crippen molar-refractivity contribution in [3.63, 3.8) is 0 Å². The summed E-state index contributed by atoms with van der Waals surface area (Å²) in [4.78, 5) is 21.7. The molecule has 2 heterocycles. The Bertz CT molecular complexity index is 822. The number of thioether (sulfide) groups is 2. The van der Waals surface area contributed by atoms with Gasteiger partial charge in [0.25, 0.3) is 5.56 Å². The van der Waals surface area contributed by atoms with Crippen LogP contribution < -0.4 is 5.56 Å². The van der Waals surface area contributed by atoms with E-state index in [1.54, 1.807) is 0 Å². The van der Waals surface area contributed by atoms with E-state index in [4.69, 9.17) is 0 Å². The zero-order valence-electron chi connectivity index (χ0n) is 13.4. The molecule has 3 rings (SSSR count). The molecule has 0 radical (unpaired) electrons. The third-order valence-electron chi connectivity index (χ3n) is 3.97. The first-order valence-corrected chi connectivity index (χ1v) is 10.1. The highest BCUT2D eigenvalue weighted by atomic mass is 32.2. The topological polar surface area (TPSA) is 72.8 Å². The lowest BCUT2D eigenvalue weighted by Gasteiger charge is -2.27. The lowest BCUT2D eigenvalue weighted by Crippen LogP contribution is -2.32. The van der Waals surface area contributed by atoms with Gasteiger partial charge >= 0.3 is 0 Å². The molecular formula is C17H18N4OS2. The van der Waals surface area contributed by atoms with Gasteiger partial charge in [0.2, 0.25) is 0 Å². The molecule has 1 saturated heterocycles. The first kappa shape index (κ1) is 17.1. The number of aromatic nitrogens is 2. The number of nitrogens with one attached hydrogen (secondary N) is 1. The van der Waals surface area contributed by atoms with Crippen LogP contribution in [0.15, 0.2) is 34.2 Å². The molecule has 1 aromatic carbocycles. The van der Waals surface area contributed by atoms with Gasteiger partial charge in [-0.15, -0.1) is 0 Å². The summed E-state index contributed by atoms with van der Waals surface area (Å²) >= 11 is 3.34. The molecule has 1 fully saturated rings. The monoisotopic (exact) mass is 358 g/mol. The normalized spacial score (nSPS) is 15.2.